The van der Waals surface area contributed by atoms with Crippen molar-refractivity contribution >= 4 is 17.6 Å². The van der Waals surface area contributed by atoms with Gasteiger partial charge in [0.2, 0.25) is 11.8 Å². The number of nitrogens with one attached hydrogen (secondary N) is 1. The number of carbonyl (C=O) groups excluding carboxylic acids is 2. The topological polar surface area (TPSA) is 113 Å². The van der Waals surface area contributed by atoms with Gasteiger partial charge >= 0.3 is 0 Å². The zero-order chi connectivity index (χ0) is 14.0. The molecule has 0 unspecified atom stereocenters. The van der Waals surface area contributed by atoms with E-state index in [2.05, 4.69) is 0 Å². The predicted octanol–water partition coefficient (Wildman–Crippen LogP) is -0.196. The lowest BCUT2D eigenvalue weighted by molar-refractivity contribution is -0.136. The van der Waals surface area contributed by atoms with Gasteiger partial charge < -0.3 is 16.4 Å². The Bertz CT molecular complexity index is 541. The molecule has 1 aliphatic rings. The summed E-state index contributed by atoms with van der Waals surface area (Å²) in [7, 11) is 0. The Labute approximate surface area is 110 Å². The summed E-state index contributed by atoms with van der Waals surface area (Å²) in [6.45, 7) is 0.931. The van der Waals surface area contributed by atoms with E-state index in [0.29, 0.717) is 25.1 Å². The molecule has 6 nitrogen and oxygen atoms in total. The molecule has 0 aliphatic carbocycles. The summed E-state index contributed by atoms with van der Waals surface area (Å²) in [6.07, 6.45) is 0.473. The molecule has 2 amide bonds. The molecule has 0 spiro atoms. The smallest absolute Gasteiger partial charge is 0.235 e. The molecule has 0 aromatic heterocycles. The van der Waals surface area contributed by atoms with E-state index in [1.54, 1.807) is 23.1 Å². The maximum absolute atomic E-state index is 11.9. The number of primary amides is 1. The van der Waals surface area contributed by atoms with Crippen LogP contribution >= 0.6 is 0 Å². The minimum absolute atomic E-state index is 0.00962. The highest BCUT2D eigenvalue weighted by atomic mass is 16.2. The molecule has 100 valence electrons. The number of nitrogen functional groups attached to an aromatic ring is 1. The van der Waals surface area contributed by atoms with Crippen LogP contribution in [0.5, 0.6) is 0 Å². The van der Waals surface area contributed by atoms with Crippen LogP contribution in [0.25, 0.3) is 0 Å². The Balaban J connectivity index is 2.10. The molecule has 1 aromatic rings. The Kier molecular flexibility index (Phi) is 3.50. The number of amides is 2. The lowest BCUT2D eigenvalue weighted by Crippen LogP contribution is -2.33. The van der Waals surface area contributed by atoms with E-state index >= 15 is 0 Å². The SMILES string of the molecule is N=C(N)c1cccc(CN2CC[C@H](C(N)=O)C2=O)c1. The summed E-state index contributed by atoms with van der Waals surface area (Å²) < 4.78 is 0. The van der Waals surface area contributed by atoms with Gasteiger partial charge in [-0.2, -0.15) is 0 Å². The van der Waals surface area contributed by atoms with Crippen molar-refractivity contribution in [1.82, 2.24) is 4.90 Å². The molecule has 1 fully saturated rings. The zero-order valence-corrected chi connectivity index (χ0v) is 10.4. The van der Waals surface area contributed by atoms with Crippen molar-refractivity contribution in [2.24, 2.45) is 17.4 Å². The molecule has 1 heterocycles. The summed E-state index contributed by atoms with van der Waals surface area (Å²) >= 11 is 0. The van der Waals surface area contributed by atoms with E-state index in [9.17, 15) is 9.59 Å². The van der Waals surface area contributed by atoms with Crippen LogP contribution in [-0.2, 0) is 16.1 Å². The van der Waals surface area contributed by atoms with Gasteiger partial charge in [0.15, 0.2) is 0 Å². The second-order valence-electron chi connectivity index (χ2n) is 4.62. The van der Waals surface area contributed by atoms with Crippen LogP contribution in [0.1, 0.15) is 17.5 Å². The second-order valence-corrected chi connectivity index (χ2v) is 4.62. The molecule has 0 bridgehead atoms. The Morgan fingerprint density at radius 2 is 2.16 bits per heavy atom. The van der Waals surface area contributed by atoms with E-state index in [0.717, 1.165) is 5.56 Å². The van der Waals surface area contributed by atoms with Gasteiger partial charge in [-0.25, -0.2) is 0 Å². The van der Waals surface area contributed by atoms with Crippen molar-refractivity contribution in [1.29, 1.82) is 5.41 Å². The van der Waals surface area contributed by atoms with Crippen molar-refractivity contribution in [3.05, 3.63) is 35.4 Å². The van der Waals surface area contributed by atoms with Gasteiger partial charge in [-0.15, -0.1) is 0 Å². The van der Waals surface area contributed by atoms with Gasteiger partial charge in [-0.3, -0.25) is 15.0 Å². The fourth-order valence-electron chi connectivity index (χ4n) is 2.22. The number of likely N-dealkylation sites (tertiary alicyclic amines) is 1. The maximum Gasteiger partial charge on any atom is 0.235 e. The third kappa shape index (κ3) is 2.73. The monoisotopic (exact) mass is 260 g/mol. The van der Waals surface area contributed by atoms with E-state index in [1.807, 2.05) is 6.07 Å². The van der Waals surface area contributed by atoms with Gasteiger partial charge in [-0.1, -0.05) is 18.2 Å². The van der Waals surface area contributed by atoms with Gasteiger partial charge in [-0.05, 0) is 18.1 Å². The molecule has 19 heavy (non-hydrogen) atoms. The van der Waals surface area contributed by atoms with E-state index in [1.165, 1.54) is 0 Å². The number of benzene rings is 1. The van der Waals surface area contributed by atoms with Crippen LogP contribution in [0.3, 0.4) is 0 Å². The largest absolute Gasteiger partial charge is 0.384 e. The first-order chi connectivity index (χ1) is 8.99. The Morgan fingerprint density at radius 1 is 1.42 bits per heavy atom. The maximum atomic E-state index is 11.9. The van der Waals surface area contributed by atoms with Crippen molar-refractivity contribution in [2.75, 3.05) is 6.54 Å². The lowest BCUT2D eigenvalue weighted by Gasteiger charge is -2.16. The van der Waals surface area contributed by atoms with Crippen LogP contribution in [0, 0.1) is 11.3 Å². The number of carbonyl (C=O) groups is 2. The predicted molar refractivity (Wildman–Crippen MR) is 70.2 cm³/mol. The van der Waals surface area contributed by atoms with Gasteiger partial charge in [0.1, 0.15) is 11.8 Å². The highest BCUT2D eigenvalue weighted by molar-refractivity contribution is 6.01. The van der Waals surface area contributed by atoms with Gasteiger partial charge in [0, 0.05) is 18.7 Å². The second kappa shape index (κ2) is 5.09. The zero-order valence-electron chi connectivity index (χ0n) is 10.4. The summed E-state index contributed by atoms with van der Waals surface area (Å²) in [5.41, 5.74) is 12.1. The highest BCUT2D eigenvalue weighted by Crippen LogP contribution is 2.20. The summed E-state index contributed by atoms with van der Waals surface area (Å²) in [4.78, 5) is 24.6. The molecule has 2 rings (SSSR count). The van der Waals surface area contributed by atoms with Gasteiger partial charge in [0.05, 0.1) is 0 Å². The fourth-order valence-corrected chi connectivity index (χ4v) is 2.22. The molecule has 1 aliphatic heterocycles. The summed E-state index contributed by atoms with van der Waals surface area (Å²) in [5, 5.41) is 7.38. The van der Waals surface area contributed by atoms with Crippen LogP contribution in [-0.4, -0.2) is 29.1 Å². The third-order valence-corrected chi connectivity index (χ3v) is 3.25. The third-order valence-electron chi connectivity index (χ3n) is 3.25. The number of nitrogens with zero attached hydrogens (tertiary/aromatic N) is 1. The molecule has 1 aromatic carbocycles. The average molecular weight is 260 g/mol. The van der Waals surface area contributed by atoms with Crippen molar-refractivity contribution in [3.63, 3.8) is 0 Å². The quantitative estimate of drug-likeness (QED) is 0.396. The highest BCUT2D eigenvalue weighted by Gasteiger charge is 2.35. The van der Waals surface area contributed by atoms with Crippen LogP contribution in [0.15, 0.2) is 24.3 Å². The van der Waals surface area contributed by atoms with E-state index < -0.39 is 11.8 Å². The van der Waals surface area contributed by atoms with E-state index in [-0.39, 0.29) is 11.7 Å². The average Bonchev–Trinajstić information content (AvgIpc) is 2.71. The number of hydrogen-bond acceptors (Lipinski definition) is 3. The molecular weight excluding hydrogens is 244 g/mol. The number of amidine groups is 1. The van der Waals surface area contributed by atoms with E-state index in [4.69, 9.17) is 16.9 Å². The molecule has 0 radical (unpaired) electrons. The van der Waals surface area contributed by atoms with Crippen molar-refractivity contribution in [3.8, 4) is 0 Å². The number of rotatable bonds is 4. The standard InChI is InChI=1S/C13H16N4O2/c14-11(15)9-3-1-2-8(6-9)7-17-5-4-10(12(16)18)13(17)19/h1-3,6,10H,4-5,7H2,(H3,14,15)(H2,16,18)/t10-/m1/s1. The first kappa shape index (κ1) is 13.1. The minimum atomic E-state index is -0.698. The van der Waals surface area contributed by atoms with Gasteiger partial charge in [0.25, 0.3) is 0 Å². The summed E-state index contributed by atoms with van der Waals surface area (Å²) in [6, 6.07) is 7.16. The fraction of sp³-hybridized carbons (Fsp3) is 0.308. The van der Waals surface area contributed by atoms with Crippen LogP contribution < -0.4 is 11.5 Å². The molecule has 1 atom stereocenters. The van der Waals surface area contributed by atoms with Crippen LogP contribution in [0.4, 0.5) is 0 Å². The molecule has 6 heteroatoms. The Morgan fingerprint density at radius 3 is 2.74 bits per heavy atom. The molecule has 1 saturated heterocycles. The molecule has 5 N–H and O–H groups in total. The number of nitrogens with two attached hydrogens (primary N) is 2. The summed E-state index contributed by atoms with van der Waals surface area (Å²) in [5.74, 6) is -1.49. The Hall–Kier alpha value is -2.37. The molecule has 0 saturated carbocycles. The van der Waals surface area contributed by atoms with Crippen molar-refractivity contribution < 1.29 is 9.59 Å². The van der Waals surface area contributed by atoms with Crippen LogP contribution in [0.2, 0.25) is 0 Å². The first-order valence-corrected chi connectivity index (χ1v) is 6.00. The normalized spacial score (nSPS) is 18.6. The minimum Gasteiger partial charge on any atom is -0.384 e. The number of hydrogen-bond donors (Lipinski definition) is 3. The molecular formula is C13H16N4O2. The lowest BCUT2D eigenvalue weighted by atomic mass is 10.1. The first-order valence-electron chi connectivity index (χ1n) is 6.00. The van der Waals surface area contributed by atoms with Crippen molar-refractivity contribution in [2.45, 2.75) is 13.0 Å².